The minimum atomic E-state index is -0.573. The van der Waals surface area contributed by atoms with Crippen LogP contribution in [0.5, 0.6) is 0 Å². The summed E-state index contributed by atoms with van der Waals surface area (Å²) in [4.78, 5) is 39.0. The molecule has 9 nitrogen and oxygen atoms in total. The lowest BCUT2D eigenvalue weighted by molar-refractivity contribution is -0.118. The predicted molar refractivity (Wildman–Crippen MR) is 99.1 cm³/mol. The number of primary amides is 1. The number of nitrogens with one attached hydrogen (secondary N) is 1. The van der Waals surface area contributed by atoms with Gasteiger partial charge in [0.2, 0.25) is 11.8 Å². The minimum Gasteiger partial charge on any atom is -0.462 e. The summed E-state index contributed by atoms with van der Waals surface area (Å²) in [6, 6.07) is 6.33. The van der Waals surface area contributed by atoms with E-state index < -0.39 is 11.9 Å². The molecular formula is C17H20N4O5S. The first kappa shape index (κ1) is 20.5. The van der Waals surface area contributed by atoms with E-state index in [4.69, 9.17) is 10.5 Å². The number of nitrogens with zero attached hydrogens (tertiary/aromatic N) is 2. The molecule has 2 amide bonds. The number of thioether (sulfide) groups is 1. The zero-order chi connectivity index (χ0) is 19.8. The molecule has 0 saturated carbocycles. The van der Waals surface area contributed by atoms with E-state index in [-0.39, 0.29) is 31.4 Å². The molecule has 10 heteroatoms. The summed E-state index contributed by atoms with van der Waals surface area (Å²) in [5, 5.41) is 12.4. The first-order valence-electron chi connectivity index (χ1n) is 8.08. The molecule has 1 aromatic carbocycles. The van der Waals surface area contributed by atoms with Crippen molar-refractivity contribution in [3.8, 4) is 0 Å². The Morgan fingerprint density at radius 1 is 1.30 bits per heavy atom. The molecule has 0 aliphatic carbocycles. The number of carbonyl (C=O) groups is 3. The van der Waals surface area contributed by atoms with E-state index in [1.807, 2.05) is 0 Å². The maximum atomic E-state index is 12.1. The Morgan fingerprint density at radius 2 is 2.00 bits per heavy atom. The number of hydrogen-bond acceptors (Lipinski definition) is 7. The van der Waals surface area contributed by atoms with Crippen LogP contribution in [0, 0.1) is 0 Å². The Hall–Kier alpha value is -2.85. The van der Waals surface area contributed by atoms with Crippen molar-refractivity contribution in [2.75, 3.05) is 17.7 Å². The maximum absolute atomic E-state index is 12.1. The Balaban J connectivity index is 1.94. The highest BCUT2D eigenvalue weighted by Gasteiger charge is 2.14. The first-order chi connectivity index (χ1) is 12.9. The van der Waals surface area contributed by atoms with Gasteiger partial charge in [0.05, 0.1) is 36.4 Å². The lowest BCUT2D eigenvalue weighted by Gasteiger charge is -2.09. The number of imidazole rings is 1. The summed E-state index contributed by atoms with van der Waals surface area (Å²) in [5.41, 5.74) is 6.56. The fourth-order valence-electron chi connectivity index (χ4n) is 2.19. The van der Waals surface area contributed by atoms with Gasteiger partial charge < -0.3 is 25.5 Å². The van der Waals surface area contributed by atoms with Crippen molar-refractivity contribution in [2.24, 2.45) is 5.73 Å². The van der Waals surface area contributed by atoms with Crippen LogP contribution >= 0.6 is 11.8 Å². The largest absolute Gasteiger partial charge is 0.462 e. The van der Waals surface area contributed by atoms with Gasteiger partial charge in [0.25, 0.3) is 0 Å². The summed E-state index contributed by atoms with van der Waals surface area (Å²) in [6.45, 7) is 1.59. The van der Waals surface area contributed by atoms with Gasteiger partial charge in [0.15, 0.2) is 5.16 Å². The molecule has 0 bridgehead atoms. The third kappa shape index (κ3) is 5.83. The second-order valence-corrected chi connectivity index (χ2v) is 6.32. The number of nitrogens with two attached hydrogens (primary N) is 1. The highest BCUT2D eigenvalue weighted by atomic mass is 32.2. The van der Waals surface area contributed by atoms with Crippen molar-refractivity contribution < 1.29 is 24.2 Å². The number of aliphatic hydroxyl groups excluding tert-OH is 1. The summed E-state index contributed by atoms with van der Waals surface area (Å²) >= 11 is 1.11. The van der Waals surface area contributed by atoms with Crippen molar-refractivity contribution >= 4 is 35.2 Å². The van der Waals surface area contributed by atoms with Gasteiger partial charge in [-0.15, -0.1) is 0 Å². The number of ether oxygens (including phenoxy) is 1. The average Bonchev–Trinajstić information content (AvgIpc) is 3.02. The minimum absolute atomic E-state index is 0.0419. The van der Waals surface area contributed by atoms with Crippen molar-refractivity contribution in [2.45, 2.75) is 25.2 Å². The number of rotatable bonds is 9. The molecule has 1 aromatic heterocycles. The van der Waals surface area contributed by atoms with Crippen LogP contribution in [-0.4, -0.2) is 44.8 Å². The van der Waals surface area contributed by atoms with Gasteiger partial charge in [-0.25, -0.2) is 9.78 Å². The molecule has 0 aliphatic rings. The molecule has 2 rings (SSSR count). The normalized spacial score (nSPS) is 10.4. The van der Waals surface area contributed by atoms with E-state index in [9.17, 15) is 19.5 Å². The molecule has 0 fully saturated rings. The van der Waals surface area contributed by atoms with E-state index in [2.05, 4.69) is 10.3 Å². The summed E-state index contributed by atoms with van der Waals surface area (Å²) in [7, 11) is 0. The van der Waals surface area contributed by atoms with Gasteiger partial charge in [0, 0.05) is 5.69 Å². The Bertz CT molecular complexity index is 819. The van der Waals surface area contributed by atoms with Crippen LogP contribution in [0.4, 0.5) is 5.69 Å². The lowest BCUT2D eigenvalue weighted by Crippen LogP contribution is -2.21. The zero-order valence-corrected chi connectivity index (χ0v) is 15.5. The summed E-state index contributed by atoms with van der Waals surface area (Å²) in [6.07, 6.45) is 1.43. The quantitative estimate of drug-likeness (QED) is 0.423. The van der Waals surface area contributed by atoms with E-state index in [0.29, 0.717) is 22.1 Å². The van der Waals surface area contributed by atoms with Gasteiger partial charge in [-0.3, -0.25) is 9.59 Å². The Kier molecular flexibility index (Phi) is 7.38. The fourth-order valence-corrected chi connectivity index (χ4v) is 2.99. The van der Waals surface area contributed by atoms with Crippen molar-refractivity contribution in [3.63, 3.8) is 0 Å². The zero-order valence-electron chi connectivity index (χ0n) is 14.7. The highest BCUT2D eigenvalue weighted by molar-refractivity contribution is 7.99. The number of benzene rings is 1. The van der Waals surface area contributed by atoms with Crippen LogP contribution in [0.2, 0.25) is 0 Å². The molecule has 0 spiro atoms. The number of esters is 1. The standard InChI is InChI=1S/C17H20N4O5S/c1-2-26-16(25)11-3-5-12(6-4-11)20-15(24)10-27-17-19-7-13(9-22)21(17)8-14(18)23/h3-7,22H,2,8-10H2,1H3,(H2,18,23)(H,20,24). The Morgan fingerprint density at radius 3 is 2.59 bits per heavy atom. The third-order valence-electron chi connectivity index (χ3n) is 3.39. The number of aromatic nitrogens is 2. The van der Waals surface area contributed by atoms with Crippen LogP contribution in [-0.2, 0) is 27.5 Å². The molecule has 0 aliphatic heterocycles. The van der Waals surface area contributed by atoms with Crippen molar-refractivity contribution in [1.29, 1.82) is 0 Å². The smallest absolute Gasteiger partial charge is 0.338 e. The highest BCUT2D eigenvalue weighted by Crippen LogP contribution is 2.19. The maximum Gasteiger partial charge on any atom is 0.338 e. The summed E-state index contributed by atoms with van der Waals surface area (Å²) in [5.74, 6) is -1.24. The predicted octanol–water partition coefficient (Wildman–Crippen LogP) is 0.768. The van der Waals surface area contributed by atoms with Gasteiger partial charge in [-0.05, 0) is 31.2 Å². The van der Waals surface area contributed by atoms with Crippen LogP contribution in [0.15, 0.2) is 35.6 Å². The molecule has 0 saturated heterocycles. The molecule has 0 radical (unpaired) electrons. The second kappa shape index (κ2) is 9.74. The van der Waals surface area contributed by atoms with Crippen LogP contribution < -0.4 is 11.1 Å². The van der Waals surface area contributed by atoms with Gasteiger partial charge in [0.1, 0.15) is 6.54 Å². The van der Waals surface area contributed by atoms with Crippen molar-refractivity contribution in [1.82, 2.24) is 9.55 Å². The van der Waals surface area contributed by atoms with E-state index >= 15 is 0 Å². The van der Waals surface area contributed by atoms with E-state index in [1.165, 1.54) is 10.8 Å². The molecule has 4 N–H and O–H groups in total. The molecule has 0 atom stereocenters. The molecule has 27 heavy (non-hydrogen) atoms. The average molecular weight is 392 g/mol. The SMILES string of the molecule is CCOC(=O)c1ccc(NC(=O)CSc2ncc(CO)n2CC(N)=O)cc1. The van der Waals surface area contributed by atoms with Crippen LogP contribution in [0.3, 0.4) is 0 Å². The number of hydrogen-bond donors (Lipinski definition) is 3. The van der Waals surface area contributed by atoms with Crippen LogP contribution in [0.1, 0.15) is 23.0 Å². The number of aliphatic hydroxyl groups is 1. The Labute approximate surface area is 159 Å². The first-order valence-corrected chi connectivity index (χ1v) is 9.06. The second-order valence-electron chi connectivity index (χ2n) is 5.38. The molecule has 2 aromatic rings. The van der Waals surface area contributed by atoms with Gasteiger partial charge >= 0.3 is 5.97 Å². The van der Waals surface area contributed by atoms with Crippen LogP contribution in [0.25, 0.3) is 0 Å². The van der Waals surface area contributed by atoms with Gasteiger partial charge in [-0.1, -0.05) is 11.8 Å². The fraction of sp³-hybridized carbons (Fsp3) is 0.294. The summed E-state index contributed by atoms with van der Waals surface area (Å²) < 4.78 is 6.36. The monoisotopic (exact) mass is 392 g/mol. The number of anilines is 1. The third-order valence-corrected chi connectivity index (χ3v) is 4.38. The van der Waals surface area contributed by atoms with Gasteiger partial charge in [-0.2, -0.15) is 0 Å². The van der Waals surface area contributed by atoms with Crippen molar-refractivity contribution in [3.05, 3.63) is 41.7 Å². The lowest BCUT2D eigenvalue weighted by atomic mass is 10.2. The molecule has 144 valence electrons. The molecular weight excluding hydrogens is 372 g/mol. The topological polar surface area (TPSA) is 137 Å². The molecule has 0 unspecified atom stereocenters. The number of amides is 2. The van der Waals surface area contributed by atoms with E-state index in [1.54, 1.807) is 31.2 Å². The number of carbonyl (C=O) groups excluding carboxylic acids is 3. The molecule has 1 heterocycles. The van der Waals surface area contributed by atoms with E-state index in [0.717, 1.165) is 11.8 Å².